The number of rotatable bonds is 3. The maximum atomic E-state index is 5.37. The fourth-order valence-electron chi connectivity index (χ4n) is 1.14. The monoisotopic (exact) mass is 174 g/mol. The first-order chi connectivity index (χ1) is 6.27. The zero-order valence-corrected chi connectivity index (χ0v) is 8.08. The molecule has 0 fully saturated rings. The van der Waals surface area contributed by atoms with Crippen LogP contribution in [0.5, 0.6) is 5.75 Å². The minimum Gasteiger partial charge on any atom is -0.494 e. The molecule has 1 atom stereocenters. The summed E-state index contributed by atoms with van der Waals surface area (Å²) in [5.74, 6) is 3.74. The van der Waals surface area contributed by atoms with Crippen LogP contribution in [0.4, 0.5) is 0 Å². The van der Waals surface area contributed by atoms with Gasteiger partial charge in [-0.05, 0) is 31.5 Å². The highest BCUT2D eigenvalue weighted by atomic mass is 16.5. The van der Waals surface area contributed by atoms with Crippen LogP contribution in [0.1, 0.15) is 25.3 Å². The molecule has 68 valence electrons. The highest BCUT2D eigenvalue weighted by molar-refractivity contribution is 5.33. The van der Waals surface area contributed by atoms with E-state index in [1.165, 1.54) is 0 Å². The van der Waals surface area contributed by atoms with Crippen LogP contribution in [-0.2, 0) is 0 Å². The molecule has 0 aromatic heterocycles. The summed E-state index contributed by atoms with van der Waals surface area (Å²) < 4.78 is 5.37. The lowest BCUT2D eigenvalue weighted by molar-refractivity contribution is 0.340. The lowest BCUT2D eigenvalue weighted by atomic mass is 10.0. The first kappa shape index (κ1) is 9.67. The van der Waals surface area contributed by atoms with E-state index in [0.717, 1.165) is 11.3 Å². The standard InChI is InChI=1S/C12H14O/c1-4-10(3)11-7-6-8-12(9-11)13-5-2/h1,6-10H,5H2,2-3H3. The molecule has 0 bridgehead atoms. The third kappa shape index (κ3) is 2.52. The van der Waals surface area contributed by atoms with Gasteiger partial charge in [0, 0.05) is 5.92 Å². The van der Waals surface area contributed by atoms with Crippen LogP contribution in [0.25, 0.3) is 0 Å². The Morgan fingerprint density at radius 3 is 2.92 bits per heavy atom. The molecule has 0 N–H and O–H groups in total. The van der Waals surface area contributed by atoms with Crippen LogP contribution in [0.2, 0.25) is 0 Å². The van der Waals surface area contributed by atoms with Gasteiger partial charge in [-0.2, -0.15) is 0 Å². The van der Waals surface area contributed by atoms with Crippen molar-refractivity contribution >= 4 is 0 Å². The number of terminal acetylenes is 1. The predicted octanol–water partition coefficient (Wildman–Crippen LogP) is 2.82. The van der Waals surface area contributed by atoms with Gasteiger partial charge in [0.15, 0.2) is 0 Å². The molecule has 0 saturated carbocycles. The molecule has 1 heteroatoms. The summed E-state index contributed by atoms with van der Waals surface area (Å²) >= 11 is 0. The average molecular weight is 174 g/mol. The number of hydrogen-bond donors (Lipinski definition) is 0. The summed E-state index contributed by atoms with van der Waals surface area (Å²) in [5.41, 5.74) is 1.13. The fraction of sp³-hybridized carbons (Fsp3) is 0.333. The van der Waals surface area contributed by atoms with Gasteiger partial charge >= 0.3 is 0 Å². The molecule has 1 aromatic rings. The molecule has 0 amide bonds. The number of hydrogen-bond acceptors (Lipinski definition) is 1. The Bertz CT molecular complexity index is 309. The predicted molar refractivity (Wildman–Crippen MR) is 54.9 cm³/mol. The Morgan fingerprint density at radius 1 is 1.54 bits per heavy atom. The maximum Gasteiger partial charge on any atom is 0.119 e. The van der Waals surface area contributed by atoms with Gasteiger partial charge in [0.25, 0.3) is 0 Å². The lowest BCUT2D eigenvalue weighted by Gasteiger charge is -2.07. The highest BCUT2D eigenvalue weighted by Crippen LogP contribution is 2.19. The summed E-state index contributed by atoms with van der Waals surface area (Å²) in [6.07, 6.45) is 5.34. The topological polar surface area (TPSA) is 9.23 Å². The second kappa shape index (κ2) is 4.57. The van der Waals surface area contributed by atoms with Crippen molar-refractivity contribution in [2.75, 3.05) is 6.61 Å². The van der Waals surface area contributed by atoms with Gasteiger partial charge in [-0.15, -0.1) is 6.42 Å². The van der Waals surface area contributed by atoms with Gasteiger partial charge in [-0.3, -0.25) is 0 Å². The molecule has 0 radical (unpaired) electrons. The number of benzene rings is 1. The van der Waals surface area contributed by atoms with Gasteiger partial charge in [0.05, 0.1) is 6.61 Å². The number of ether oxygens (including phenoxy) is 1. The van der Waals surface area contributed by atoms with Gasteiger partial charge in [-0.25, -0.2) is 0 Å². The van der Waals surface area contributed by atoms with Crippen LogP contribution >= 0.6 is 0 Å². The summed E-state index contributed by atoms with van der Waals surface area (Å²) in [5, 5.41) is 0. The lowest BCUT2D eigenvalue weighted by Crippen LogP contribution is -1.94. The van der Waals surface area contributed by atoms with Crippen LogP contribution in [0, 0.1) is 12.3 Å². The molecule has 1 aromatic carbocycles. The van der Waals surface area contributed by atoms with E-state index in [0.29, 0.717) is 6.61 Å². The summed E-state index contributed by atoms with van der Waals surface area (Å²) in [4.78, 5) is 0. The van der Waals surface area contributed by atoms with Crippen LogP contribution in [-0.4, -0.2) is 6.61 Å². The second-order valence-electron chi connectivity index (χ2n) is 2.89. The molecule has 0 aliphatic heterocycles. The molecule has 0 heterocycles. The molecule has 0 saturated heterocycles. The average Bonchev–Trinajstić information content (AvgIpc) is 2.18. The van der Waals surface area contributed by atoms with Crippen molar-refractivity contribution in [1.29, 1.82) is 0 Å². The van der Waals surface area contributed by atoms with Gasteiger partial charge in [0.1, 0.15) is 5.75 Å². The van der Waals surface area contributed by atoms with Crippen molar-refractivity contribution in [3.05, 3.63) is 29.8 Å². The second-order valence-corrected chi connectivity index (χ2v) is 2.89. The SMILES string of the molecule is C#CC(C)c1cccc(OCC)c1. The van der Waals surface area contributed by atoms with Crippen LogP contribution in [0.15, 0.2) is 24.3 Å². The zero-order chi connectivity index (χ0) is 9.68. The largest absolute Gasteiger partial charge is 0.494 e. The molecule has 1 unspecified atom stereocenters. The Morgan fingerprint density at radius 2 is 2.31 bits per heavy atom. The van der Waals surface area contributed by atoms with Crippen LogP contribution in [0.3, 0.4) is 0 Å². The van der Waals surface area contributed by atoms with Crippen molar-refractivity contribution in [3.8, 4) is 18.1 Å². The molecular formula is C12H14O. The molecule has 0 aliphatic rings. The Hall–Kier alpha value is -1.42. The minimum atomic E-state index is 0.153. The molecule has 13 heavy (non-hydrogen) atoms. The summed E-state index contributed by atoms with van der Waals surface area (Å²) in [7, 11) is 0. The smallest absolute Gasteiger partial charge is 0.119 e. The van der Waals surface area contributed by atoms with E-state index < -0.39 is 0 Å². The van der Waals surface area contributed by atoms with E-state index in [9.17, 15) is 0 Å². The Labute approximate surface area is 79.7 Å². The van der Waals surface area contributed by atoms with E-state index in [4.69, 9.17) is 11.2 Å². The molecule has 0 spiro atoms. The van der Waals surface area contributed by atoms with Gasteiger partial charge < -0.3 is 4.74 Å². The van der Waals surface area contributed by atoms with Crippen LogP contribution < -0.4 is 4.74 Å². The summed E-state index contributed by atoms with van der Waals surface area (Å²) in [6, 6.07) is 7.92. The summed E-state index contributed by atoms with van der Waals surface area (Å²) in [6.45, 7) is 4.66. The highest BCUT2D eigenvalue weighted by Gasteiger charge is 2.01. The third-order valence-corrected chi connectivity index (χ3v) is 1.92. The fourth-order valence-corrected chi connectivity index (χ4v) is 1.14. The van der Waals surface area contributed by atoms with E-state index in [-0.39, 0.29) is 5.92 Å². The van der Waals surface area contributed by atoms with Crippen molar-refractivity contribution in [3.63, 3.8) is 0 Å². The van der Waals surface area contributed by atoms with Gasteiger partial charge in [-0.1, -0.05) is 18.1 Å². The van der Waals surface area contributed by atoms with Crippen molar-refractivity contribution in [1.82, 2.24) is 0 Å². The molecule has 1 nitrogen and oxygen atoms in total. The van der Waals surface area contributed by atoms with E-state index in [1.54, 1.807) is 0 Å². The van der Waals surface area contributed by atoms with E-state index in [1.807, 2.05) is 38.1 Å². The Balaban J connectivity index is 2.86. The van der Waals surface area contributed by atoms with E-state index in [2.05, 4.69) is 5.92 Å². The normalized spacial score (nSPS) is 11.8. The quantitative estimate of drug-likeness (QED) is 0.640. The Kier molecular flexibility index (Phi) is 3.40. The maximum absolute atomic E-state index is 5.37. The van der Waals surface area contributed by atoms with Crippen molar-refractivity contribution < 1.29 is 4.74 Å². The molecular weight excluding hydrogens is 160 g/mol. The van der Waals surface area contributed by atoms with Gasteiger partial charge in [0.2, 0.25) is 0 Å². The molecule has 1 rings (SSSR count). The van der Waals surface area contributed by atoms with E-state index >= 15 is 0 Å². The van der Waals surface area contributed by atoms with Crippen molar-refractivity contribution in [2.45, 2.75) is 19.8 Å². The minimum absolute atomic E-state index is 0.153. The zero-order valence-electron chi connectivity index (χ0n) is 8.08. The molecule has 0 aliphatic carbocycles. The van der Waals surface area contributed by atoms with Crippen molar-refractivity contribution in [2.24, 2.45) is 0 Å². The first-order valence-corrected chi connectivity index (χ1v) is 4.46. The third-order valence-electron chi connectivity index (χ3n) is 1.92. The first-order valence-electron chi connectivity index (χ1n) is 4.46.